The zero-order valence-electron chi connectivity index (χ0n) is 7.11. The molecule has 0 bridgehead atoms. The van der Waals surface area contributed by atoms with E-state index in [1.807, 2.05) is 24.3 Å². The minimum absolute atomic E-state index is 0.811. The third-order valence-corrected chi connectivity index (χ3v) is 2.58. The second-order valence-corrected chi connectivity index (χ2v) is 4.46. The van der Waals surface area contributed by atoms with Crippen molar-refractivity contribution in [1.29, 1.82) is 0 Å². The summed E-state index contributed by atoms with van der Waals surface area (Å²) in [4.78, 5) is 8.40. The lowest BCUT2D eigenvalue weighted by Crippen LogP contribution is -1.85. The van der Waals surface area contributed by atoms with Gasteiger partial charge in [-0.05, 0) is 40.2 Å². The van der Waals surface area contributed by atoms with E-state index >= 15 is 0 Å². The fourth-order valence-electron chi connectivity index (χ4n) is 1.13. The molecule has 2 aromatic heterocycles. The first-order chi connectivity index (χ1) is 6.75. The van der Waals surface area contributed by atoms with Crippen LogP contribution in [0.5, 0.6) is 0 Å². The second kappa shape index (κ2) is 4.19. The molecule has 0 aliphatic rings. The van der Waals surface area contributed by atoms with Gasteiger partial charge >= 0.3 is 0 Å². The van der Waals surface area contributed by atoms with Crippen LogP contribution in [0.1, 0.15) is 0 Å². The summed E-state index contributed by atoms with van der Waals surface area (Å²) in [5.41, 5.74) is 1.91. The highest BCUT2D eigenvalue weighted by atomic mass is 79.9. The van der Waals surface area contributed by atoms with Crippen LogP contribution in [0.2, 0.25) is 0 Å². The highest BCUT2D eigenvalue weighted by Crippen LogP contribution is 2.23. The maximum atomic E-state index is 4.35. The Morgan fingerprint density at radius 1 is 1.14 bits per heavy atom. The van der Waals surface area contributed by atoms with Gasteiger partial charge in [-0.25, -0.2) is 4.98 Å². The molecule has 0 amide bonds. The molecule has 0 saturated heterocycles. The molecule has 0 aliphatic heterocycles. The Labute approximate surface area is 98.7 Å². The van der Waals surface area contributed by atoms with Crippen molar-refractivity contribution >= 4 is 31.9 Å². The van der Waals surface area contributed by atoms with Crippen LogP contribution in [0.25, 0.3) is 11.3 Å². The van der Waals surface area contributed by atoms with Crippen LogP contribution >= 0.6 is 31.9 Å². The number of hydrogen-bond donors (Lipinski definition) is 0. The Balaban J connectivity index is 2.52. The van der Waals surface area contributed by atoms with Gasteiger partial charge < -0.3 is 0 Å². The number of pyridine rings is 2. The minimum atomic E-state index is 0.811. The van der Waals surface area contributed by atoms with Crippen molar-refractivity contribution in [2.24, 2.45) is 0 Å². The lowest BCUT2D eigenvalue weighted by Gasteiger charge is -2.01. The van der Waals surface area contributed by atoms with E-state index in [0.717, 1.165) is 20.3 Å². The number of halogens is 2. The van der Waals surface area contributed by atoms with Crippen molar-refractivity contribution < 1.29 is 0 Å². The summed E-state index contributed by atoms with van der Waals surface area (Å²) in [6.07, 6.45) is 3.54. The summed E-state index contributed by atoms with van der Waals surface area (Å²) < 4.78 is 1.81. The minimum Gasteiger partial charge on any atom is -0.264 e. The first-order valence-corrected chi connectivity index (χ1v) is 5.58. The summed E-state index contributed by atoms with van der Waals surface area (Å²) >= 11 is 6.77. The summed E-state index contributed by atoms with van der Waals surface area (Å²) in [6, 6.07) is 7.74. The third kappa shape index (κ3) is 2.19. The molecule has 2 rings (SSSR count). The summed E-state index contributed by atoms with van der Waals surface area (Å²) in [5.74, 6) is 0. The molecule has 0 saturated carbocycles. The average molecular weight is 314 g/mol. The van der Waals surface area contributed by atoms with Crippen molar-refractivity contribution in [2.75, 3.05) is 0 Å². The van der Waals surface area contributed by atoms with Gasteiger partial charge in [0.25, 0.3) is 0 Å². The highest BCUT2D eigenvalue weighted by Gasteiger charge is 2.01. The summed E-state index contributed by atoms with van der Waals surface area (Å²) in [7, 11) is 0. The summed E-state index contributed by atoms with van der Waals surface area (Å²) in [5, 5.41) is 0. The third-order valence-electron chi connectivity index (χ3n) is 1.72. The van der Waals surface area contributed by atoms with Crippen molar-refractivity contribution in [3.8, 4) is 11.3 Å². The molecule has 0 spiro atoms. The average Bonchev–Trinajstić information content (AvgIpc) is 2.18. The molecule has 2 heterocycles. The predicted molar refractivity (Wildman–Crippen MR) is 62.9 cm³/mol. The van der Waals surface area contributed by atoms with E-state index in [-0.39, 0.29) is 0 Å². The van der Waals surface area contributed by atoms with E-state index in [2.05, 4.69) is 41.8 Å². The molecule has 70 valence electrons. The standard InChI is InChI=1S/C10H6Br2N2/c11-8-4-9(14-10(12)5-8)7-2-1-3-13-6-7/h1-6H. The zero-order chi connectivity index (χ0) is 9.97. The van der Waals surface area contributed by atoms with Crippen LogP contribution < -0.4 is 0 Å². The Hall–Kier alpha value is -0.740. The van der Waals surface area contributed by atoms with Crippen LogP contribution in [0.3, 0.4) is 0 Å². The normalized spacial score (nSPS) is 10.1. The Morgan fingerprint density at radius 2 is 2.00 bits per heavy atom. The molecule has 0 unspecified atom stereocenters. The first kappa shape index (κ1) is 9.80. The number of nitrogens with zero attached hydrogens (tertiary/aromatic N) is 2. The van der Waals surface area contributed by atoms with Crippen LogP contribution in [0.4, 0.5) is 0 Å². The largest absolute Gasteiger partial charge is 0.264 e. The van der Waals surface area contributed by atoms with Gasteiger partial charge in [0.05, 0.1) is 5.69 Å². The van der Waals surface area contributed by atoms with E-state index in [4.69, 9.17) is 0 Å². The number of hydrogen-bond acceptors (Lipinski definition) is 2. The smallest absolute Gasteiger partial charge is 0.107 e. The molecule has 14 heavy (non-hydrogen) atoms. The molecule has 0 aromatic carbocycles. The van der Waals surface area contributed by atoms with E-state index < -0.39 is 0 Å². The van der Waals surface area contributed by atoms with E-state index in [1.54, 1.807) is 12.4 Å². The molecular weight excluding hydrogens is 308 g/mol. The molecule has 0 aliphatic carbocycles. The van der Waals surface area contributed by atoms with Crippen molar-refractivity contribution in [2.45, 2.75) is 0 Å². The van der Waals surface area contributed by atoms with E-state index in [0.29, 0.717) is 0 Å². The molecule has 0 atom stereocenters. The van der Waals surface area contributed by atoms with Crippen LogP contribution in [0.15, 0.2) is 45.7 Å². The molecule has 2 nitrogen and oxygen atoms in total. The van der Waals surface area contributed by atoms with Crippen LogP contribution in [-0.2, 0) is 0 Å². The fourth-order valence-corrected chi connectivity index (χ4v) is 2.31. The van der Waals surface area contributed by atoms with Gasteiger partial charge in [0.2, 0.25) is 0 Å². The van der Waals surface area contributed by atoms with Crippen LogP contribution in [-0.4, -0.2) is 9.97 Å². The monoisotopic (exact) mass is 312 g/mol. The lowest BCUT2D eigenvalue weighted by molar-refractivity contribution is 1.24. The molecule has 0 radical (unpaired) electrons. The lowest BCUT2D eigenvalue weighted by atomic mass is 10.2. The SMILES string of the molecule is Brc1cc(Br)nc(-c2cccnc2)c1. The van der Waals surface area contributed by atoms with Crippen molar-refractivity contribution in [1.82, 2.24) is 9.97 Å². The Kier molecular flexibility index (Phi) is 2.93. The highest BCUT2D eigenvalue weighted by molar-refractivity contribution is 9.11. The number of aromatic nitrogens is 2. The molecular formula is C10H6Br2N2. The van der Waals surface area contributed by atoms with Crippen molar-refractivity contribution in [3.05, 3.63) is 45.7 Å². The zero-order valence-corrected chi connectivity index (χ0v) is 10.3. The van der Waals surface area contributed by atoms with Gasteiger partial charge in [-0.2, -0.15) is 0 Å². The predicted octanol–water partition coefficient (Wildman–Crippen LogP) is 3.67. The molecule has 2 aromatic rings. The molecule has 0 N–H and O–H groups in total. The fraction of sp³-hybridized carbons (Fsp3) is 0. The number of rotatable bonds is 1. The van der Waals surface area contributed by atoms with Gasteiger partial charge in [0.15, 0.2) is 0 Å². The topological polar surface area (TPSA) is 25.8 Å². The molecule has 4 heteroatoms. The maximum Gasteiger partial charge on any atom is 0.107 e. The quantitative estimate of drug-likeness (QED) is 0.751. The summed E-state index contributed by atoms with van der Waals surface area (Å²) in [6.45, 7) is 0. The Morgan fingerprint density at radius 3 is 2.64 bits per heavy atom. The maximum absolute atomic E-state index is 4.35. The first-order valence-electron chi connectivity index (χ1n) is 3.99. The molecule has 0 fully saturated rings. The van der Waals surface area contributed by atoms with Gasteiger partial charge in [-0.1, -0.05) is 15.9 Å². The van der Waals surface area contributed by atoms with Gasteiger partial charge in [-0.3, -0.25) is 4.98 Å². The second-order valence-electron chi connectivity index (χ2n) is 2.74. The van der Waals surface area contributed by atoms with Gasteiger partial charge in [0.1, 0.15) is 4.60 Å². The Bertz CT molecular complexity index is 423. The van der Waals surface area contributed by atoms with Gasteiger partial charge in [0, 0.05) is 22.4 Å². The van der Waals surface area contributed by atoms with E-state index in [9.17, 15) is 0 Å². The van der Waals surface area contributed by atoms with E-state index in [1.165, 1.54) is 0 Å². The van der Waals surface area contributed by atoms with Crippen LogP contribution in [0, 0.1) is 0 Å². The van der Waals surface area contributed by atoms with Gasteiger partial charge in [-0.15, -0.1) is 0 Å². The van der Waals surface area contributed by atoms with Crippen molar-refractivity contribution in [3.63, 3.8) is 0 Å².